The number of ether oxygens (including phenoxy) is 1. The zero-order chi connectivity index (χ0) is 25.1. The number of methoxy groups -OCH3 is 1. The summed E-state index contributed by atoms with van der Waals surface area (Å²) in [4.78, 5) is 16.4. The van der Waals surface area contributed by atoms with Gasteiger partial charge in [-0.1, -0.05) is 93.6 Å². The molecular weight excluding hydrogens is 472 g/mol. The van der Waals surface area contributed by atoms with Crippen LogP contribution in [0.15, 0.2) is 84.9 Å². The molecule has 1 heterocycles. The number of esters is 1. The molecule has 1 atom stereocenters. The van der Waals surface area contributed by atoms with Crippen LogP contribution in [0.5, 0.6) is 0 Å². The predicted molar refractivity (Wildman–Crippen MR) is 146 cm³/mol. The van der Waals surface area contributed by atoms with E-state index in [4.69, 9.17) is 21.4 Å². The third-order valence-electron chi connectivity index (χ3n) is 6.50. The number of benzene rings is 3. The van der Waals surface area contributed by atoms with E-state index in [0.29, 0.717) is 17.7 Å². The van der Waals surface area contributed by atoms with E-state index in [9.17, 15) is 4.79 Å². The highest BCUT2D eigenvalue weighted by atomic mass is 32.1. The Morgan fingerprint density at radius 2 is 1.49 bits per heavy atom. The van der Waals surface area contributed by atoms with Gasteiger partial charge in [0.1, 0.15) is 6.10 Å². The van der Waals surface area contributed by atoms with Gasteiger partial charge in [-0.2, -0.15) is 0 Å². The summed E-state index contributed by atoms with van der Waals surface area (Å²) in [7, 11) is -1.51. The van der Waals surface area contributed by atoms with E-state index in [-0.39, 0.29) is 11.0 Å². The first kappa shape index (κ1) is 25.1. The van der Waals surface area contributed by atoms with Crippen molar-refractivity contribution >= 4 is 47.9 Å². The summed E-state index contributed by atoms with van der Waals surface area (Å²) in [5.41, 5.74) is 1.98. The van der Waals surface area contributed by atoms with Crippen LogP contribution < -0.4 is 10.4 Å². The fourth-order valence-electron chi connectivity index (χ4n) is 4.84. The zero-order valence-corrected chi connectivity index (χ0v) is 22.5. The van der Waals surface area contributed by atoms with E-state index in [0.717, 1.165) is 21.4 Å². The molecule has 0 spiro atoms. The number of aromatic amines is 1. The molecular formula is C28H32N2O3SSi. The van der Waals surface area contributed by atoms with Crippen LogP contribution in [0.4, 0.5) is 0 Å². The highest BCUT2D eigenvalue weighted by Gasteiger charge is 2.52. The topological polar surface area (TPSA) is 56.2 Å². The van der Waals surface area contributed by atoms with Gasteiger partial charge >= 0.3 is 5.97 Å². The van der Waals surface area contributed by atoms with Crippen molar-refractivity contribution in [1.82, 2.24) is 9.55 Å². The Balaban J connectivity index is 1.78. The second-order valence-corrected chi connectivity index (χ2v) is 14.3. The quantitative estimate of drug-likeness (QED) is 0.203. The Labute approximate surface area is 212 Å². The first-order chi connectivity index (χ1) is 16.8. The Hall–Kier alpha value is -3.00. The lowest BCUT2D eigenvalue weighted by atomic mass is 10.2. The van der Waals surface area contributed by atoms with E-state index >= 15 is 0 Å². The summed E-state index contributed by atoms with van der Waals surface area (Å²) in [5, 5.41) is 1.99. The molecule has 0 bridgehead atoms. The summed E-state index contributed by atoms with van der Waals surface area (Å²) in [5.74, 6) is -0.371. The minimum Gasteiger partial charge on any atom is -0.467 e. The molecule has 182 valence electrons. The predicted octanol–water partition coefficient (Wildman–Crippen LogP) is 5.21. The number of fused-ring (bicyclic) bond motifs is 1. The third kappa shape index (κ3) is 4.89. The molecule has 0 aliphatic carbocycles. The van der Waals surface area contributed by atoms with Crippen molar-refractivity contribution < 1.29 is 14.0 Å². The maximum Gasteiger partial charge on any atom is 0.333 e. The molecule has 4 rings (SSSR count). The Kier molecular flexibility index (Phi) is 7.40. The molecule has 5 nitrogen and oxygen atoms in total. The van der Waals surface area contributed by atoms with Crippen molar-refractivity contribution in [2.24, 2.45) is 0 Å². The summed E-state index contributed by atoms with van der Waals surface area (Å²) in [6.45, 7) is 7.12. The minimum absolute atomic E-state index is 0.251. The molecule has 0 amide bonds. The largest absolute Gasteiger partial charge is 0.467 e. The van der Waals surface area contributed by atoms with Crippen LogP contribution in [-0.4, -0.2) is 37.1 Å². The molecule has 0 aliphatic heterocycles. The molecule has 1 aromatic heterocycles. The monoisotopic (exact) mass is 504 g/mol. The van der Waals surface area contributed by atoms with Gasteiger partial charge in [0.25, 0.3) is 8.32 Å². The highest BCUT2D eigenvalue weighted by Crippen LogP contribution is 2.38. The van der Waals surface area contributed by atoms with Crippen molar-refractivity contribution in [1.29, 1.82) is 0 Å². The number of aryl methyl sites for hydroxylation is 1. The van der Waals surface area contributed by atoms with Gasteiger partial charge in [0.15, 0.2) is 4.77 Å². The molecule has 0 fully saturated rings. The number of aromatic nitrogens is 2. The fraction of sp³-hybridized carbons (Fsp3) is 0.286. The van der Waals surface area contributed by atoms with E-state index in [2.05, 4.69) is 50.0 Å². The van der Waals surface area contributed by atoms with Crippen molar-refractivity contribution in [3.63, 3.8) is 0 Å². The number of para-hydroxylation sites is 2. The Bertz CT molecular complexity index is 1300. The number of imidazole rings is 1. The molecule has 0 radical (unpaired) electrons. The van der Waals surface area contributed by atoms with Crippen molar-refractivity contribution in [3.05, 3.63) is 89.7 Å². The number of nitrogens with one attached hydrogen (secondary N) is 1. The zero-order valence-electron chi connectivity index (χ0n) is 20.7. The van der Waals surface area contributed by atoms with Crippen LogP contribution in [0, 0.1) is 4.77 Å². The summed E-state index contributed by atoms with van der Waals surface area (Å²) >= 11 is 5.58. The number of hydrogen-bond acceptors (Lipinski definition) is 4. The number of rotatable bonds is 8. The molecule has 0 aliphatic rings. The SMILES string of the molecule is COC(=O)[C@H](CCn1c(=S)[nH]c2ccccc21)O[Si](c1ccccc1)(c1ccccc1)C(C)(C)C. The average Bonchev–Trinajstić information content (AvgIpc) is 3.19. The van der Waals surface area contributed by atoms with Gasteiger partial charge in [-0.25, -0.2) is 4.79 Å². The standard InChI is InChI=1S/C28H32N2O3SSi/c1-28(2,3)35(21-13-7-5-8-14-21,22-15-9-6-10-16-22)33-25(26(31)32-4)19-20-30-24-18-12-11-17-23(24)29-27(30)34/h5-18,25H,19-20H2,1-4H3,(H,29,34)/t25-/m0/s1. The second kappa shape index (κ2) is 10.3. The molecule has 1 N–H and O–H groups in total. The van der Waals surface area contributed by atoms with Crippen LogP contribution >= 0.6 is 12.2 Å². The van der Waals surface area contributed by atoms with Crippen molar-refractivity contribution in [3.8, 4) is 0 Å². The average molecular weight is 505 g/mol. The molecule has 7 heteroatoms. The van der Waals surface area contributed by atoms with Gasteiger partial charge in [-0.15, -0.1) is 0 Å². The third-order valence-corrected chi connectivity index (χ3v) is 11.9. The van der Waals surface area contributed by atoms with Crippen molar-refractivity contribution in [2.45, 2.75) is 44.9 Å². The first-order valence-corrected chi connectivity index (χ1v) is 14.1. The minimum atomic E-state index is -2.92. The molecule has 3 aromatic carbocycles. The van der Waals surface area contributed by atoms with E-state index in [1.54, 1.807) is 0 Å². The van der Waals surface area contributed by atoms with Crippen LogP contribution in [0.2, 0.25) is 5.04 Å². The fourth-order valence-corrected chi connectivity index (χ4v) is 9.79. The summed E-state index contributed by atoms with van der Waals surface area (Å²) in [6, 6.07) is 28.6. The van der Waals surface area contributed by atoms with Gasteiger partial charge in [0, 0.05) is 13.0 Å². The lowest BCUT2D eigenvalue weighted by Gasteiger charge is -2.44. The van der Waals surface area contributed by atoms with Gasteiger partial charge in [0.05, 0.1) is 18.1 Å². The Morgan fingerprint density at radius 1 is 0.943 bits per heavy atom. The number of H-pyrrole nitrogens is 1. The maximum atomic E-state index is 13.1. The number of carbonyl (C=O) groups excluding carboxylic acids is 1. The molecule has 0 unspecified atom stereocenters. The maximum absolute atomic E-state index is 13.1. The van der Waals surface area contributed by atoms with Crippen LogP contribution in [0.25, 0.3) is 11.0 Å². The molecule has 0 saturated carbocycles. The van der Waals surface area contributed by atoms with Gasteiger partial charge in [-0.05, 0) is 39.8 Å². The molecule has 0 saturated heterocycles. The molecule has 35 heavy (non-hydrogen) atoms. The van der Waals surface area contributed by atoms with Crippen LogP contribution in [0.3, 0.4) is 0 Å². The lowest BCUT2D eigenvalue weighted by Crippen LogP contribution is -2.68. The number of hydrogen-bond donors (Lipinski definition) is 1. The normalized spacial score (nSPS) is 13.0. The summed E-state index contributed by atoms with van der Waals surface area (Å²) < 4.78 is 15.0. The van der Waals surface area contributed by atoms with Gasteiger partial charge in [0.2, 0.25) is 0 Å². The number of carbonyl (C=O) groups is 1. The first-order valence-electron chi connectivity index (χ1n) is 11.8. The smallest absolute Gasteiger partial charge is 0.333 e. The molecule has 4 aromatic rings. The second-order valence-electron chi connectivity index (χ2n) is 9.68. The van der Waals surface area contributed by atoms with E-state index in [1.807, 2.05) is 65.2 Å². The van der Waals surface area contributed by atoms with E-state index < -0.39 is 14.4 Å². The summed E-state index contributed by atoms with van der Waals surface area (Å²) in [6.07, 6.45) is -0.310. The van der Waals surface area contributed by atoms with Crippen LogP contribution in [-0.2, 0) is 20.5 Å². The number of nitrogens with zero attached hydrogens (tertiary/aromatic N) is 1. The van der Waals surface area contributed by atoms with Gasteiger partial charge < -0.3 is 18.7 Å². The van der Waals surface area contributed by atoms with Gasteiger partial charge in [-0.3, -0.25) is 0 Å². The lowest BCUT2D eigenvalue weighted by molar-refractivity contribution is -0.149. The van der Waals surface area contributed by atoms with E-state index in [1.165, 1.54) is 7.11 Å². The highest BCUT2D eigenvalue weighted by molar-refractivity contribution is 7.71. The van der Waals surface area contributed by atoms with Crippen molar-refractivity contribution in [2.75, 3.05) is 7.11 Å². The van der Waals surface area contributed by atoms with Crippen LogP contribution in [0.1, 0.15) is 27.2 Å². The Morgan fingerprint density at radius 3 is 2.03 bits per heavy atom.